The molecule has 0 spiro atoms. The van der Waals surface area contributed by atoms with E-state index in [1.807, 2.05) is 13.0 Å². The fourth-order valence-electron chi connectivity index (χ4n) is 2.77. The molecule has 118 valence electrons. The van der Waals surface area contributed by atoms with Crippen molar-refractivity contribution in [3.05, 3.63) is 11.8 Å². The lowest BCUT2D eigenvalue weighted by molar-refractivity contribution is 0.405. The Hall–Kier alpha value is -1.36. The molecule has 0 radical (unpaired) electrons. The minimum Gasteiger partial charge on any atom is -0.370 e. The average Bonchev–Trinajstić information content (AvgIpc) is 2.43. The summed E-state index contributed by atoms with van der Waals surface area (Å²) in [6.45, 7) is 8.54. The smallest absolute Gasteiger partial charge is 0.227 e. The highest BCUT2D eigenvalue weighted by Crippen LogP contribution is 2.21. The van der Waals surface area contributed by atoms with Crippen molar-refractivity contribution in [1.29, 1.82) is 0 Å². The number of nitrogens with zero attached hydrogens (tertiary/aromatic N) is 4. The van der Waals surface area contributed by atoms with Gasteiger partial charge in [-0.15, -0.1) is 0 Å². The molecule has 21 heavy (non-hydrogen) atoms. The molecule has 0 saturated carbocycles. The molecule has 0 aromatic carbocycles. The molecular formula is C16H29N5. The number of aryl methyl sites for hydroxylation is 1. The maximum absolute atomic E-state index is 4.70. The zero-order chi connectivity index (χ0) is 15.2. The Morgan fingerprint density at radius 2 is 2.19 bits per heavy atom. The molecule has 1 saturated heterocycles. The van der Waals surface area contributed by atoms with E-state index in [1.165, 1.54) is 12.8 Å². The molecule has 0 bridgehead atoms. The van der Waals surface area contributed by atoms with Crippen LogP contribution in [-0.4, -0.2) is 55.1 Å². The standard InChI is InChI=1S/C16H29N5/c1-13-7-5-10-21(12-13)16-18-14(2)11-15(19-16)17-8-6-9-20(3)4/h11,13H,5-10,12H2,1-4H3,(H,17,18,19). The third-order valence-electron chi connectivity index (χ3n) is 3.87. The van der Waals surface area contributed by atoms with E-state index in [0.29, 0.717) is 0 Å². The van der Waals surface area contributed by atoms with Crippen molar-refractivity contribution in [2.24, 2.45) is 5.92 Å². The molecule has 1 fully saturated rings. The van der Waals surface area contributed by atoms with Gasteiger partial charge in [0.25, 0.3) is 0 Å². The highest BCUT2D eigenvalue weighted by molar-refractivity contribution is 5.43. The summed E-state index contributed by atoms with van der Waals surface area (Å²) in [5.41, 5.74) is 1.04. The first kappa shape index (κ1) is 16.0. The van der Waals surface area contributed by atoms with Gasteiger partial charge >= 0.3 is 0 Å². The molecule has 1 aliphatic heterocycles. The number of nitrogens with one attached hydrogen (secondary N) is 1. The van der Waals surface area contributed by atoms with Gasteiger partial charge in [-0.05, 0) is 52.7 Å². The molecule has 2 rings (SSSR count). The van der Waals surface area contributed by atoms with Gasteiger partial charge in [0, 0.05) is 31.4 Å². The van der Waals surface area contributed by atoms with Crippen LogP contribution in [0, 0.1) is 12.8 Å². The van der Waals surface area contributed by atoms with E-state index < -0.39 is 0 Å². The minimum atomic E-state index is 0.736. The molecule has 0 amide bonds. The van der Waals surface area contributed by atoms with Gasteiger partial charge in [0.2, 0.25) is 5.95 Å². The predicted octanol–water partition coefficient (Wildman–Crippen LogP) is 2.38. The van der Waals surface area contributed by atoms with Gasteiger partial charge in [0.1, 0.15) is 5.82 Å². The molecule has 5 nitrogen and oxygen atoms in total. The molecule has 0 aliphatic carbocycles. The lowest BCUT2D eigenvalue weighted by Crippen LogP contribution is -2.35. The summed E-state index contributed by atoms with van der Waals surface area (Å²) in [6, 6.07) is 2.03. The Bertz CT molecular complexity index is 446. The first-order valence-corrected chi connectivity index (χ1v) is 8.04. The molecule has 1 aliphatic rings. The third kappa shape index (κ3) is 5.16. The highest BCUT2D eigenvalue weighted by atomic mass is 15.3. The van der Waals surface area contributed by atoms with Gasteiger partial charge in [-0.25, -0.2) is 4.98 Å². The second-order valence-electron chi connectivity index (χ2n) is 6.47. The lowest BCUT2D eigenvalue weighted by Gasteiger charge is -2.31. The third-order valence-corrected chi connectivity index (χ3v) is 3.87. The van der Waals surface area contributed by atoms with E-state index >= 15 is 0 Å². The summed E-state index contributed by atoms with van der Waals surface area (Å²) in [6.07, 6.45) is 3.67. The Balaban J connectivity index is 1.96. The number of piperidine rings is 1. The SMILES string of the molecule is Cc1cc(NCCCN(C)C)nc(N2CCCC(C)C2)n1. The Labute approximate surface area is 128 Å². The van der Waals surface area contributed by atoms with Crippen LogP contribution in [0.25, 0.3) is 0 Å². The number of rotatable bonds is 6. The van der Waals surface area contributed by atoms with Crippen molar-refractivity contribution in [3.63, 3.8) is 0 Å². The zero-order valence-electron chi connectivity index (χ0n) is 13.9. The normalized spacial score (nSPS) is 19.1. The molecule has 1 N–H and O–H groups in total. The summed E-state index contributed by atoms with van der Waals surface area (Å²) < 4.78 is 0. The fourth-order valence-corrected chi connectivity index (χ4v) is 2.77. The van der Waals surface area contributed by atoms with E-state index in [0.717, 1.165) is 56.0 Å². The van der Waals surface area contributed by atoms with Gasteiger partial charge in [-0.2, -0.15) is 4.98 Å². The Morgan fingerprint density at radius 1 is 1.38 bits per heavy atom. The zero-order valence-corrected chi connectivity index (χ0v) is 13.9. The van der Waals surface area contributed by atoms with E-state index in [2.05, 4.69) is 41.1 Å². The van der Waals surface area contributed by atoms with Gasteiger partial charge in [-0.3, -0.25) is 0 Å². The van der Waals surface area contributed by atoms with E-state index in [4.69, 9.17) is 4.98 Å². The van der Waals surface area contributed by atoms with Crippen molar-refractivity contribution in [3.8, 4) is 0 Å². The summed E-state index contributed by atoms with van der Waals surface area (Å²) in [5.74, 6) is 2.57. The number of hydrogen-bond donors (Lipinski definition) is 1. The lowest BCUT2D eigenvalue weighted by atomic mass is 10.0. The summed E-state index contributed by atoms with van der Waals surface area (Å²) in [7, 11) is 4.20. The number of aromatic nitrogens is 2. The topological polar surface area (TPSA) is 44.3 Å². The van der Waals surface area contributed by atoms with Crippen molar-refractivity contribution in [2.75, 3.05) is 50.5 Å². The molecule has 1 atom stereocenters. The summed E-state index contributed by atoms with van der Waals surface area (Å²) in [4.78, 5) is 13.8. The van der Waals surface area contributed by atoms with Crippen LogP contribution < -0.4 is 10.2 Å². The van der Waals surface area contributed by atoms with E-state index in [1.54, 1.807) is 0 Å². The predicted molar refractivity (Wildman–Crippen MR) is 89.0 cm³/mol. The Kier molecular flexibility index (Phi) is 5.79. The number of hydrogen-bond acceptors (Lipinski definition) is 5. The maximum Gasteiger partial charge on any atom is 0.227 e. The van der Waals surface area contributed by atoms with Crippen molar-refractivity contribution < 1.29 is 0 Å². The molecule has 1 aromatic heterocycles. The average molecular weight is 291 g/mol. The largest absolute Gasteiger partial charge is 0.370 e. The van der Waals surface area contributed by atoms with Crippen LogP contribution in [-0.2, 0) is 0 Å². The van der Waals surface area contributed by atoms with Gasteiger partial charge < -0.3 is 15.1 Å². The first-order valence-electron chi connectivity index (χ1n) is 8.04. The first-order chi connectivity index (χ1) is 10.0. The maximum atomic E-state index is 4.70. The molecule has 5 heteroatoms. The minimum absolute atomic E-state index is 0.736. The van der Waals surface area contributed by atoms with Gasteiger partial charge in [-0.1, -0.05) is 6.92 Å². The van der Waals surface area contributed by atoms with Crippen molar-refractivity contribution in [1.82, 2.24) is 14.9 Å². The second kappa shape index (κ2) is 7.59. The molecule has 1 aromatic rings. The number of anilines is 2. The fraction of sp³-hybridized carbons (Fsp3) is 0.750. The van der Waals surface area contributed by atoms with Crippen LogP contribution >= 0.6 is 0 Å². The summed E-state index contributed by atoms with van der Waals surface area (Å²) >= 11 is 0. The van der Waals surface area contributed by atoms with E-state index in [-0.39, 0.29) is 0 Å². The van der Waals surface area contributed by atoms with Crippen molar-refractivity contribution >= 4 is 11.8 Å². The highest BCUT2D eigenvalue weighted by Gasteiger charge is 2.19. The monoisotopic (exact) mass is 291 g/mol. The van der Waals surface area contributed by atoms with Crippen LogP contribution in [0.15, 0.2) is 6.07 Å². The van der Waals surface area contributed by atoms with Gasteiger partial charge in [0.15, 0.2) is 0 Å². The van der Waals surface area contributed by atoms with Crippen LogP contribution in [0.3, 0.4) is 0 Å². The molecular weight excluding hydrogens is 262 g/mol. The van der Waals surface area contributed by atoms with Crippen LogP contribution in [0.2, 0.25) is 0 Å². The second-order valence-corrected chi connectivity index (χ2v) is 6.47. The molecule has 2 heterocycles. The Morgan fingerprint density at radius 3 is 2.90 bits per heavy atom. The van der Waals surface area contributed by atoms with E-state index in [9.17, 15) is 0 Å². The van der Waals surface area contributed by atoms with Crippen LogP contribution in [0.1, 0.15) is 31.9 Å². The summed E-state index contributed by atoms with van der Waals surface area (Å²) in [5, 5.41) is 3.43. The van der Waals surface area contributed by atoms with Crippen LogP contribution in [0.5, 0.6) is 0 Å². The van der Waals surface area contributed by atoms with Crippen molar-refractivity contribution in [2.45, 2.75) is 33.1 Å². The molecule has 1 unspecified atom stereocenters. The van der Waals surface area contributed by atoms with Gasteiger partial charge in [0.05, 0.1) is 0 Å². The van der Waals surface area contributed by atoms with Crippen LogP contribution in [0.4, 0.5) is 11.8 Å². The quantitative estimate of drug-likeness (QED) is 0.815.